The van der Waals surface area contributed by atoms with E-state index in [9.17, 15) is 9.59 Å². The van der Waals surface area contributed by atoms with Crippen LogP contribution in [0.2, 0.25) is 0 Å². The molecule has 0 atom stereocenters. The number of carbonyl (C=O) groups is 2. The molecule has 8 nitrogen and oxygen atoms in total. The highest BCUT2D eigenvalue weighted by Gasteiger charge is 2.01. The van der Waals surface area contributed by atoms with Gasteiger partial charge in [0.2, 0.25) is 11.8 Å². The minimum Gasteiger partial charge on any atom is -0.370 e. The molecular formula is C14H28N6O2. The predicted octanol–water partition coefficient (Wildman–Crippen LogP) is 0.487. The molecule has 0 spiro atoms. The van der Waals surface area contributed by atoms with Gasteiger partial charge in [-0.05, 0) is 12.8 Å². The number of guanidine groups is 2. The van der Waals surface area contributed by atoms with Crippen molar-refractivity contribution in [1.82, 2.24) is 0 Å². The van der Waals surface area contributed by atoms with E-state index < -0.39 is 0 Å². The summed E-state index contributed by atoms with van der Waals surface area (Å²) in [4.78, 5) is 29.3. The Morgan fingerprint density at radius 3 is 1.09 bits per heavy atom. The van der Waals surface area contributed by atoms with Crippen LogP contribution < -0.4 is 22.9 Å². The second-order valence-electron chi connectivity index (χ2n) is 5.19. The number of hydrogen-bond acceptors (Lipinski definition) is 2. The van der Waals surface area contributed by atoms with Crippen molar-refractivity contribution < 1.29 is 9.59 Å². The van der Waals surface area contributed by atoms with Gasteiger partial charge in [0, 0.05) is 12.8 Å². The molecule has 2 amide bonds. The van der Waals surface area contributed by atoms with Gasteiger partial charge in [0.05, 0.1) is 0 Å². The SMILES string of the molecule is NC(N)=NC(=O)CCCCCCCCCCC(=O)N=C(N)N. The van der Waals surface area contributed by atoms with Crippen molar-refractivity contribution in [3.05, 3.63) is 0 Å². The molecule has 0 aliphatic heterocycles. The minimum absolute atomic E-state index is 0.177. The van der Waals surface area contributed by atoms with Gasteiger partial charge in [0.15, 0.2) is 11.9 Å². The monoisotopic (exact) mass is 312 g/mol. The number of hydrogen-bond donors (Lipinski definition) is 4. The largest absolute Gasteiger partial charge is 0.370 e. The molecule has 0 bridgehead atoms. The van der Waals surface area contributed by atoms with E-state index in [4.69, 9.17) is 22.9 Å². The number of carbonyl (C=O) groups excluding carboxylic acids is 2. The molecule has 0 radical (unpaired) electrons. The topological polar surface area (TPSA) is 163 Å². The number of amides is 2. The van der Waals surface area contributed by atoms with Gasteiger partial charge in [-0.2, -0.15) is 9.98 Å². The molecule has 0 unspecified atom stereocenters. The van der Waals surface area contributed by atoms with Crippen LogP contribution in [0.25, 0.3) is 0 Å². The van der Waals surface area contributed by atoms with E-state index in [1.807, 2.05) is 0 Å². The van der Waals surface area contributed by atoms with Crippen LogP contribution in [0.4, 0.5) is 0 Å². The Bertz CT molecular complexity index is 360. The van der Waals surface area contributed by atoms with Crippen molar-refractivity contribution >= 4 is 23.7 Å². The first kappa shape index (κ1) is 19.9. The molecule has 0 aromatic heterocycles. The van der Waals surface area contributed by atoms with Crippen LogP contribution in [0.3, 0.4) is 0 Å². The molecule has 0 aromatic carbocycles. The summed E-state index contributed by atoms with van der Waals surface area (Å²) in [6, 6.07) is 0. The van der Waals surface area contributed by atoms with Crippen molar-refractivity contribution in [1.29, 1.82) is 0 Å². The molecule has 0 saturated carbocycles. The molecule has 0 aromatic rings. The smallest absolute Gasteiger partial charge is 0.248 e. The van der Waals surface area contributed by atoms with E-state index in [0.717, 1.165) is 51.4 Å². The maximum atomic E-state index is 11.2. The lowest BCUT2D eigenvalue weighted by Crippen LogP contribution is -2.24. The fourth-order valence-electron chi connectivity index (χ4n) is 2.01. The summed E-state index contributed by atoms with van der Waals surface area (Å²) in [5, 5.41) is 0. The molecule has 8 heteroatoms. The van der Waals surface area contributed by atoms with Crippen LogP contribution >= 0.6 is 0 Å². The van der Waals surface area contributed by atoms with Crippen LogP contribution in [-0.4, -0.2) is 23.7 Å². The Morgan fingerprint density at radius 2 is 0.818 bits per heavy atom. The highest BCUT2D eigenvalue weighted by Crippen LogP contribution is 2.11. The number of unbranched alkanes of at least 4 members (excludes halogenated alkanes) is 7. The fraction of sp³-hybridized carbons (Fsp3) is 0.714. The van der Waals surface area contributed by atoms with Gasteiger partial charge in [-0.25, -0.2) is 0 Å². The lowest BCUT2D eigenvalue weighted by Gasteiger charge is -2.01. The molecule has 0 rings (SSSR count). The summed E-state index contributed by atoms with van der Waals surface area (Å²) >= 11 is 0. The quantitative estimate of drug-likeness (QED) is 0.246. The third-order valence-corrected chi connectivity index (χ3v) is 3.04. The average Bonchev–Trinajstić information content (AvgIpc) is 2.39. The molecule has 126 valence electrons. The summed E-state index contributed by atoms with van der Waals surface area (Å²) in [6.45, 7) is 0. The summed E-state index contributed by atoms with van der Waals surface area (Å²) in [5.74, 6) is -0.873. The standard InChI is InChI=1S/C14H28N6O2/c15-13(16)19-11(21)9-7-5-3-1-2-4-6-8-10-12(22)20-14(17)18/h1-10H2,(H4,15,16,19,21)(H4,17,18,20,22). The van der Waals surface area contributed by atoms with Crippen molar-refractivity contribution in [2.45, 2.75) is 64.2 Å². The molecular weight excluding hydrogens is 284 g/mol. The van der Waals surface area contributed by atoms with Crippen LogP contribution in [0.1, 0.15) is 64.2 Å². The molecule has 0 aliphatic carbocycles. The fourth-order valence-corrected chi connectivity index (χ4v) is 2.01. The van der Waals surface area contributed by atoms with Gasteiger partial charge in [-0.1, -0.05) is 38.5 Å². The van der Waals surface area contributed by atoms with Gasteiger partial charge >= 0.3 is 0 Å². The highest BCUT2D eigenvalue weighted by atomic mass is 16.1. The number of nitrogens with zero attached hydrogens (tertiary/aromatic N) is 2. The first-order valence-electron chi connectivity index (χ1n) is 7.66. The van der Waals surface area contributed by atoms with Crippen molar-refractivity contribution in [2.24, 2.45) is 32.9 Å². The van der Waals surface area contributed by atoms with E-state index in [2.05, 4.69) is 9.98 Å². The number of aliphatic imine (C=N–C) groups is 2. The Balaban J connectivity index is 3.34. The van der Waals surface area contributed by atoms with Crippen molar-refractivity contribution in [2.75, 3.05) is 0 Å². The Morgan fingerprint density at radius 1 is 0.545 bits per heavy atom. The first-order valence-corrected chi connectivity index (χ1v) is 7.66. The average molecular weight is 312 g/mol. The summed E-state index contributed by atoms with van der Waals surface area (Å²) in [7, 11) is 0. The maximum Gasteiger partial charge on any atom is 0.248 e. The molecule has 22 heavy (non-hydrogen) atoms. The summed E-state index contributed by atoms with van der Waals surface area (Å²) in [6.07, 6.45) is 8.81. The zero-order valence-corrected chi connectivity index (χ0v) is 13.1. The van der Waals surface area contributed by atoms with E-state index >= 15 is 0 Å². The second kappa shape index (κ2) is 12.6. The molecule has 0 saturated heterocycles. The number of nitrogens with two attached hydrogens (primary N) is 4. The molecule has 0 heterocycles. The normalized spacial score (nSPS) is 10.0. The van der Waals surface area contributed by atoms with E-state index in [1.54, 1.807) is 0 Å². The van der Waals surface area contributed by atoms with Gasteiger partial charge in [0.1, 0.15) is 0 Å². The lowest BCUT2D eigenvalue weighted by molar-refractivity contribution is -0.118. The summed E-state index contributed by atoms with van der Waals surface area (Å²) in [5.41, 5.74) is 20.4. The van der Waals surface area contributed by atoms with Crippen molar-refractivity contribution in [3.8, 4) is 0 Å². The van der Waals surface area contributed by atoms with Gasteiger partial charge in [-0.15, -0.1) is 0 Å². The van der Waals surface area contributed by atoms with Gasteiger partial charge < -0.3 is 22.9 Å². The Hall–Kier alpha value is -2.12. The first-order chi connectivity index (χ1) is 10.4. The number of rotatable bonds is 11. The van der Waals surface area contributed by atoms with E-state index in [0.29, 0.717) is 12.8 Å². The summed E-state index contributed by atoms with van der Waals surface area (Å²) < 4.78 is 0. The van der Waals surface area contributed by atoms with Crippen LogP contribution in [0, 0.1) is 0 Å². The van der Waals surface area contributed by atoms with Gasteiger partial charge in [-0.3, -0.25) is 9.59 Å². The highest BCUT2D eigenvalue weighted by molar-refractivity contribution is 5.91. The Kier molecular flexibility index (Phi) is 11.4. The van der Waals surface area contributed by atoms with Crippen LogP contribution in [0.5, 0.6) is 0 Å². The lowest BCUT2D eigenvalue weighted by atomic mass is 10.1. The second-order valence-corrected chi connectivity index (χ2v) is 5.19. The maximum absolute atomic E-state index is 11.2. The van der Waals surface area contributed by atoms with Crippen molar-refractivity contribution in [3.63, 3.8) is 0 Å². The van der Waals surface area contributed by atoms with Crippen LogP contribution in [0.15, 0.2) is 9.98 Å². The zero-order valence-electron chi connectivity index (χ0n) is 13.1. The molecule has 8 N–H and O–H groups in total. The molecule has 0 fully saturated rings. The van der Waals surface area contributed by atoms with E-state index in [-0.39, 0.29) is 23.7 Å². The molecule has 0 aliphatic rings. The van der Waals surface area contributed by atoms with E-state index in [1.165, 1.54) is 0 Å². The minimum atomic E-state index is -0.259. The Labute approximate surface area is 131 Å². The predicted molar refractivity (Wildman–Crippen MR) is 87.8 cm³/mol. The third-order valence-electron chi connectivity index (χ3n) is 3.04. The van der Waals surface area contributed by atoms with Crippen LogP contribution in [-0.2, 0) is 9.59 Å². The zero-order chi connectivity index (χ0) is 16.8. The van der Waals surface area contributed by atoms with Gasteiger partial charge in [0.25, 0.3) is 0 Å². The third kappa shape index (κ3) is 14.3.